The summed E-state index contributed by atoms with van der Waals surface area (Å²) in [5, 5.41) is 3.27. The second-order valence-electron chi connectivity index (χ2n) is 6.14. The predicted molar refractivity (Wildman–Crippen MR) is 86.8 cm³/mol. The summed E-state index contributed by atoms with van der Waals surface area (Å²) in [6.45, 7) is 10.4. The second-order valence-corrected chi connectivity index (χ2v) is 6.14. The van der Waals surface area contributed by atoms with Crippen LogP contribution in [0.4, 0.5) is 0 Å². The van der Waals surface area contributed by atoms with Gasteiger partial charge < -0.3 is 10.1 Å². The molecule has 3 nitrogen and oxygen atoms in total. The fourth-order valence-electron chi connectivity index (χ4n) is 2.03. The molecule has 2 aromatic rings. The molecule has 2 rings (SSSR count). The zero-order valence-electron chi connectivity index (χ0n) is 13.3. The van der Waals surface area contributed by atoms with Crippen molar-refractivity contribution in [3.05, 3.63) is 53.9 Å². The quantitative estimate of drug-likeness (QED) is 0.889. The minimum Gasteiger partial charge on any atom is -0.457 e. The molecule has 0 aliphatic rings. The van der Waals surface area contributed by atoms with Gasteiger partial charge in [0.1, 0.15) is 11.5 Å². The first-order chi connectivity index (χ1) is 9.99. The van der Waals surface area contributed by atoms with Crippen LogP contribution in [0.3, 0.4) is 0 Å². The number of rotatable bonds is 5. The molecule has 0 amide bonds. The molecule has 112 valence electrons. The lowest BCUT2D eigenvalue weighted by Gasteiger charge is -2.19. The fraction of sp³-hybridized carbons (Fsp3) is 0.389. The molecule has 0 saturated heterocycles. The molecule has 1 aromatic heterocycles. The van der Waals surface area contributed by atoms with Crippen LogP contribution in [0, 0.1) is 0 Å². The van der Waals surface area contributed by atoms with Gasteiger partial charge in [-0.25, -0.2) is 0 Å². The monoisotopic (exact) mass is 284 g/mol. The topological polar surface area (TPSA) is 34.1 Å². The first-order valence-electron chi connectivity index (χ1n) is 7.43. The number of nitrogens with one attached hydrogen (secondary N) is 1. The van der Waals surface area contributed by atoms with Crippen LogP contribution in [-0.2, 0) is 12.0 Å². The Morgan fingerprint density at radius 3 is 2.57 bits per heavy atom. The van der Waals surface area contributed by atoms with Crippen molar-refractivity contribution >= 4 is 0 Å². The smallest absolute Gasteiger partial charge is 0.130 e. The van der Waals surface area contributed by atoms with E-state index >= 15 is 0 Å². The number of ether oxygens (including phenoxy) is 1. The molecule has 0 radical (unpaired) electrons. The Bertz CT molecular complexity index is 588. The lowest BCUT2D eigenvalue weighted by molar-refractivity contribution is 0.476. The van der Waals surface area contributed by atoms with Crippen LogP contribution >= 0.6 is 0 Å². The lowest BCUT2D eigenvalue weighted by Crippen LogP contribution is -2.12. The Morgan fingerprint density at radius 2 is 1.86 bits per heavy atom. The van der Waals surface area contributed by atoms with Crippen LogP contribution in [0.15, 0.2) is 42.6 Å². The summed E-state index contributed by atoms with van der Waals surface area (Å²) in [5.74, 6) is 1.69. The van der Waals surface area contributed by atoms with Crippen LogP contribution in [0.1, 0.15) is 39.0 Å². The zero-order chi connectivity index (χ0) is 15.3. The number of hydrogen-bond donors (Lipinski definition) is 1. The summed E-state index contributed by atoms with van der Waals surface area (Å²) in [4.78, 5) is 4.33. The summed E-state index contributed by atoms with van der Waals surface area (Å²) in [6.07, 6.45) is 1.79. The van der Waals surface area contributed by atoms with E-state index in [1.807, 2.05) is 24.3 Å². The van der Waals surface area contributed by atoms with Crippen LogP contribution in [0.2, 0.25) is 0 Å². The molecule has 0 atom stereocenters. The van der Waals surface area contributed by atoms with Gasteiger partial charge in [0.25, 0.3) is 0 Å². The molecule has 0 spiro atoms. The van der Waals surface area contributed by atoms with Crippen molar-refractivity contribution < 1.29 is 4.74 Å². The normalized spacial score (nSPS) is 11.4. The van der Waals surface area contributed by atoms with Crippen molar-refractivity contribution in [2.45, 2.75) is 39.7 Å². The van der Waals surface area contributed by atoms with Crippen molar-refractivity contribution in [2.24, 2.45) is 0 Å². The van der Waals surface area contributed by atoms with E-state index < -0.39 is 0 Å². The van der Waals surface area contributed by atoms with E-state index in [0.717, 1.165) is 30.3 Å². The Kier molecular flexibility index (Phi) is 4.97. The van der Waals surface area contributed by atoms with Crippen LogP contribution in [0.25, 0.3) is 0 Å². The molecular weight excluding hydrogens is 260 g/mol. The van der Waals surface area contributed by atoms with Gasteiger partial charge in [-0.05, 0) is 35.7 Å². The molecule has 0 fully saturated rings. The fourth-order valence-corrected chi connectivity index (χ4v) is 2.03. The highest BCUT2D eigenvalue weighted by Crippen LogP contribution is 2.28. The highest BCUT2D eigenvalue weighted by atomic mass is 16.5. The molecule has 3 heteroatoms. The van der Waals surface area contributed by atoms with E-state index in [1.54, 1.807) is 6.20 Å². The molecule has 1 N–H and O–H groups in total. The summed E-state index contributed by atoms with van der Waals surface area (Å²) in [7, 11) is 0. The van der Waals surface area contributed by atoms with Crippen molar-refractivity contribution in [1.29, 1.82) is 0 Å². The van der Waals surface area contributed by atoms with Gasteiger partial charge in [0.2, 0.25) is 0 Å². The van der Waals surface area contributed by atoms with E-state index in [2.05, 4.69) is 50.1 Å². The average Bonchev–Trinajstić information content (AvgIpc) is 2.45. The molecule has 0 unspecified atom stereocenters. The number of pyridine rings is 1. The van der Waals surface area contributed by atoms with E-state index in [9.17, 15) is 0 Å². The first kappa shape index (κ1) is 15.5. The Morgan fingerprint density at radius 1 is 1.10 bits per heavy atom. The highest BCUT2D eigenvalue weighted by Gasteiger charge is 2.14. The van der Waals surface area contributed by atoms with Gasteiger partial charge in [-0.15, -0.1) is 0 Å². The average molecular weight is 284 g/mol. The third-order valence-corrected chi connectivity index (χ3v) is 3.28. The highest BCUT2D eigenvalue weighted by molar-refractivity contribution is 5.36. The summed E-state index contributed by atoms with van der Waals surface area (Å²) in [6, 6.07) is 12.1. The van der Waals surface area contributed by atoms with Crippen molar-refractivity contribution in [3.8, 4) is 11.5 Å². The van der Waals surface area contributed by atoms with Gasteiger partial charge in [-0.1, -0.05) is 39.8 Å². The molecule has 0 bridgehead atoms. The number of nitrogens with zero attached hydrogens (tertiary/aromatic N) is 1. The summed E-state index contributed by atoms with van der Waals surface area (Å²) in [5.41, 5.74) is 2.37. The third kappa shape index (κ3) is 4.57. The molecule has 0 aliphatic carbocycles. The maximum Gasteiger partial charge on any atom is 0.130 e. The van der Waals surface area contributed by atoms with Gasteiger partial charge >= 0.3 is 0 Å². The Balaban J connectivity index is 2.14. The van der Waals surface area contributed by atoms with Gasteiger partial charge in [0, 0.05) is 18.8 Å². The minimum absolute atomic E-state index is 0.119. The molecule has 0 saturated carbocycles. The largest absolute Gasteiger partial charge is 0.457 e. The number of hydrogen-bond acceptors (Lipinski definition) is 3. The van der Waals surface area contributed by atoms with Crippen molar-refractivity contribution in [3.63, 3.8) is 0 Å². The summed E-state index contributed by atoms with van der Waals surface area (Å²) >= 11 is 0. The van der Waals surface area contributed by atoms with Crippen LogP contribution < -0.4 is 10.1 Å². The van der Waals surface area contributed by atoms with Crippen LogP contribution in [0.5, 0.6) is 11.5 Å². The van der Waals surface area contributed by atoms with Gasteiger partial charge in [0.05, 0.1) is 5.69 Å². The van der Waals surface area contributed by atoms with Crippen molar-refractivity contribution in [1.82, 2.24) is 10.3 Å². The van der Waals surface area contributed by atoms with Gasteiger partial charge in [-0.2, -0.15) is 0 Å². The Hall–Kier alpha value is -1.87. The van der Waals surface area contributed by atoms with Gasteiger partial charge in [-0.3, -0.25) is 4.98 Å². The maximum absolute atomic E-state index is 5.97. The van der Waals surface area contributed by atoms with E-state index in [4.69, 9.17) is 4.74 Å². The SMILES string of the molecule is CCNCc1cc(Oc2cccc(C(C)(C)C)c2)ccn1. The molecule has 21 heavy (non-hydrogen) atoms. The third-order valence-electron chi connectivity index (χ3n) is 3.28. The first-order valence-corrected chi connectivity index (χ1v) is 7.43. The van der Waals surface area contributed by atoms with E-state index in [-0.39, 0.29) is 5.41 Å². The summed E-state index contributed by atoms with van der Waals surface area (Å²) < 4.78 is 5.97. The molecular formula is C18H24N2O. The molecule has 0 aliphatic heterocycles. The van der Waals surface area contributed by atoms with Crippen molar-refractivity contribution in [2.75, 3.05) is 6.54 Å². The zero-order valence-corrected chi connectivity index (χ0v) is 13.3. The standard InChI is InChI=1S/C18H24N2O/c1-5-19-13-15-12-17(9-10-20-15)21-16-8-6-7-14(11-16)18(2,3)4/h6-12,19H,5,13H2,1-4H3. The number of aromatic nitrogens is 1. The van der Waals surface area contributed by atoms with E-state index in [1.165, 1.54) is 5.56 Å². The van der Waals surface area contributed by atoms with E-state index in [0.29, 0.717) is 0 Å². The molecule has 1 heterocycles. The minimum atomic E-state index is 0.119. The predicted octanol–water partition coefficient (Wildman–Crippen LogP) is 4.28. The lowest BCUT2D eigenvalue weighted by atomic mass is 9.87. The maximum atomic E-state index is 5.97. The molecule has 1 aromatic carbocycles. The number of benzene rings is 1. The Labute approximate surface area is 127 Å². The van der Waals surface area contributed by atoms with Gasteiger partial charge in [0.15, 0.2) is 0 Å². The van der Waals surface area contributed by atoms with Crippen LogP contribution in [-0.4, -0.2) is 11.5 Å². The second kappa shape index (κ2) is 6.72.